The van der Waals surface area contributed by atoms with Crippen LogP contribution in [0.5, 0.6) is 0 Å². The van der Waals surface area contributed by atoms with Crippen molar-refractivity contribution in [3.05, 3.63) is 35.9 Å². The summed E-state index contributed by atoms with van der Waals surface area (Å²) in [4.78, 5) is 0. The maximum absolute atomic E-state index is 10.4. The Balaban J connectivity index is 1.55. The van der Waals surface area contributed by atoms with Gasteiger partial charge in [-0.2, -0.15) is 0 Å². The van der Waals surface area contributed by atoms with Crippen LogP contribution >= 0.6 is 0 Å². The van der Waals surface area contributed by atoms with Crippen LogP contribution in [0, 0.1) is 0 Å². The van der Waals surface area contributed by atoms with Crippen LogP contribution in [-0.2, 0) is 9.47 Å². The summed E-state index contributed by atoms with van der Waals surface area (Å²) in [5, 5.41) is 10.4. The number of aliphatic hydroxyl groups excluding tert-OH is 1. The summed E-state index contributed by atoms with van der Waals surface area (Å²) in [5.74, 6) is -0.430. The third-order valence-electron chi connectivity index (χ3n) is 4.64. The Morgan fingerprint density at radius 1 is 1.19 bits per heavy atom. The summed E-state index contributed by atoms with van der Waals surface area (Å²) in [7, 11) is 0. The molecule has 116 valence electrons. The minimum Gasteiger partial charge on any atom is -0.390 e. The van der Waals surface area contributed by atoms with Gasteiger partial charge in [0.2, 0.25) is 0 Å². The number of aliphatic hydroxyl groups is 1. The Morgan fingerprint density at radius 2 is 1.90 bits per heavy atom. The zero-order valence-electron chi connectivity index (χ0n) is 12.4. The van der Waals surface area contributed by atoms with Crippen LogP contribution in [0.2, 0.25) is 0 Å². The zero-order chi connectivity index (χ0) is 14.7. The fraction of sp³-hybridized carbons (Fsp3) is 0.647. The highest BCUT2D eigenvalue weighted by Crippen LogP contribution is 2.39. The van der Waals surface area contributed by atoms with E-state index in [1.54, 1.807) is 0 Å². The Kier molecular flexibility index (Phi) is 4.60. The van der Waals surface area contributed by atoms with Gasteiger partial charge in [0.25, 0.3) is 0 Å². The van der Waals surface area contributed by atoms with Crippen molar-refractivity contribution in [1.82, 2.24) is 0 Å². The number of hydrogen-bond acceptors (Lipinski definition) is 4. The minimum atomic E-state index is -0.582. The van der Waals surface area contributed by atoms with Gasteiger partial charge in [0.15, 0.2) is 5.79 Å². The number of benzene rings is 1. The Labute approximate surface area is 126 Å². The molecule has 1 aliphatic carbocycles. The van der Waals surface area contributed by atoms with Gasteiger partial charge in [-0.05, 0) is 24.8 Å². The Bertz CT molecular complexity index is 445. The first-order chi connectivity index (χ1) is 10.2. The zero-order valence-corrected chi connectivity index (χ0v) is 12.4. The number of ether oxygens (including phenoxy) is 2. The number of hydrogen-bond donors (Lipinski definition) is 2. The molecule has 0 amide bonds. The molecule has 1 aliphatic heterocycles. The van der Waals surface area contributed by atoms with E-state index in [4.69, 9.17) is 15.2 Å². The lowest BCUT2D eigenvalue weighted by atomic mass is 9.94. The van der Waals surface area contributed by atoms with Crippen LogP contribution in [0.4, 0.5) is 0 Å². The van der Waals surface area contributed by atoms with E-state index in [9.17, 15) is 5.11 Å². The SMILES string of the molecule is N[C@H](C[C@H](O)[C@H]1COC2(CCCCC2)O1)c1ccccc1. The van der Waals surface area contributed by atoms with Gasteiger partial charge in [-0.3, -0.25) is 0 Å². The third kappa shape index (κ3) is 3.46. The summed E-state index contributed by atoms with van der Waals surface area (Å²) in [6, 6.07) is 9.71. The highest BCUT2D eigenvalue weighted by molar-refractivity contribution is 5.18. The summed E-state index contributed by atoms with van der Waals surface area (Å²) in [5.41, 5.74) is 7.22. The summed E-state index contributed by atoms with van der Waals surface area (Å²) in [6.45, 7) is 0.475. The molecular weight excluding hydrogens is 266 g/mol. The van der Waals surface area contributed by atoms with Crippen molar-refractivity contribution in [2.45, 2.75) is 62.6 Å². The first kappa shape index (κ1) is 15.0. The van der Waals surface area contributed by atoms with Crippen molar-refractivity contribution in [3.8, 4) is 0 Å². The van der Waals surface area contributed by atoms with Crippen LogP contribution in [0.3, 0.4) is 0 Å². The Hall–Kier alpha value is -0.940. The van der Waals surface area contributed by atoms with Crippen LogP contribution < -0.4 is 5.73 Å². The molecule has 0 bridgehead atoms. The normalized spacial score (nSPS) is 27.6. The molecule has 3 N–H and O–H groups in total. The molecule has 1 saturated heterocycles. The molecule has 3 atom stereocenters. The lowest BCUT2D eigenvalue weighted by Crippen LogP contribution is -2.37. The first-order valence-electron chi connectivity index (χ1n) is 7.99. The fourth-order valence-corrected chi connectivity index (χ4v) is 3.37. The van der Waals surface area contributed by atoms with E-state index in [0.717, 1.165) is 31.2 Å². The molecule has 1 aromatic carbocycles. The monoisotopic (exact) mass is 291 g/mol. The van der Waals surface area contributed by atoms with E-state index in [2.05, 4.69) is 0 Å². The molecule has 2 aliphatic rings. The van der Waals surface area contributed by atoms with Gasteiger partial charge in [-0.15, -0.1) is 0 Å². The smallest absolute Gasteiger partial charge is 0.169 e. The van der Waals surface area contributed by atoms with Crippen molar-refractivity contribution in [2.75, 3.05) is 6.61 Å². The standard InChI is InChI=1S/C17H25NO3/c18-14(13-7-3-1-4-8-13)11-15(19)16-12-20-17(21-16)9-5-2-6-10-17/h1,3-4,7-8,14-16,19H,2,5-6,9-12,18H2/t14-,15+,16-/m1/s1. The Morgan fingerprint density at radius 3 is 2.62 bits per heavy atom. The molecule has 1 heterocycles. The van der Waals surface area contributed by atoms with Gasteiger partial charge < -0.3 is 20.3 Å². The maximum Gasteiger partial charge on any atom is 0.169 e. The molecular formula is C17H25NO3. The third-order valence-corrected chi connectivity index (χ3v) is 4.64. The van der Waals surface area contributed by atoms with E-state index in [0.29, 0.717) is 13.0 Å². The minimum absolute atomic E-state index is 0.173. The lowest BCUT2D eigenvalue weighted by molar-refractivity contribution is -0.196. The van der Waals surface area contributed by atoms with E-state index in [1.165, 1.54) is 6.42 Å². The number of nitrogens with two attached hydrogens (primary N) is 1. The molecule has 1 spiro atoms. The molecule has 4 nitrogen and oxygen atoms in total. The van der Waals surface area contributed by atoms with Gasteiger partial charge in [0, 0.05) is 18.9 Å². The second kappa shape index (κ2) is 6.44. The molecule has 1 saturated carbocycles. The second-order valence-corrected chi connectivity index (χ2v) is 6.26. The maximum atomic E-state index is 10.4. The summed E-state index contributed by atoms with van der Waals surface area (Å²) in [6.07, 6.45) is 5.09. The van der Waals surface area contributed by atoms with Crippen molar-refractivity contribution < 1.29 is 14.6 Å². The number of rotatable bonds is 4. The van der Waals surface area contributed by atoms with Crippen molar-refractivity contribution in [2.24, 2.45) is 5.73 Å². The van der Waals surface area contributed by atoms with Gasteiger partial charge in [0.05, 0.1) is 12.7 Å². The van der Waals surface area contributed by atoms with Crippen molar-refractivity contribution in [3.63, 3.8) is 0 Å². The second-order valence-electron chi connectivity index (χ2n) is 6.26. The molecule has 0 radical (unpaired) electrons. The molecule has 3 rings (SSSR count). The van der Waals surface area contributed by atoms with Gasteiger partial charge in [-0.1, -0.05) is 36.8 Å². The van der Waals surface area contributed by atoms with Crippen LogP contribution in [0.15, 0.2) is 30.3 Å². The first-order valence-corrected chi connectivity index (χ1v) is 7.99. The van der Waals surface area contributed by atoms with Crippen molar-refractivity contribution >= 4 is 0 Å². The average molecular weight is 291 g/mol. The average Bonchev–Trinajstić information content (AvgIpc) is 2.92. The molecule has 0 aromatic heterocycles. The molecule has 2 fully saturated rings. The molecule has 0 unspecified atom stereocenters. The fourth-order valence-electron chi connectivity index (χ4n) is 3.37. The van der Waals surface area contributed by atoms with Crippen LogP contribution in [-0.4, -0.2) is 29.7 Å². The van der Waals surface area contributed by atoms with Gasteiger partial charge >= 0.3 is 0 Å². The van der Waals surface area contributed by atoms with Gasteiger partial charge in [-0.25, -0.2) is 0 Å². The molecule has 4 heteroatoms. The van der Waals surface area contributed by atoms with Crippen molar-refractivity contribution in [1.29, 1.82) is 0 Å². The molecule has 21 heavy (non-hydrogen) atoms. The topological polar surface area (TPSA) is 64.7 Å². The highest BCUT2D eigenvalue weighted by atomic mass is 16.7. The highest BCUT2D eigenvalue weighted by Gasteiger charge is 2.44. The lowest BCUT2D eigenvalue weighted by Gasteiger charge is -2.32. The van der Waals surface area contributed by atoms with E-state index in [-0.39, 0.29) is 12.1 Å². The van der Waals surface area contributed by atoms with E-state index in [1.807, 2.05) is 30.3 Å². The van der Waals surface area contributed by atoms with E-state index < -0.39 is 11.9 Å². The largest absolute Gasteiger partial charge is 0.390 e. The predicted molar refractivity (Wildman–Crippen MR) is 80.6 cm³/mol. The van der Waals surface area contributed by atoms with E-state index >= 15 is 0 Å². The van der Waals surface area contributed by atoms with Gasteiger partial charge in [0.1, 0.15) is 6.10 Å². The van der Waals surface area contributed by atoms with Crippen LogP contribution in [0.25, 0.3) is 0 Å². The summed E-state index contributed by atoms with van der Waals surface area (Å²) >= 11 is 0. The molecule has 1 aromatic rings. The van der Waals surface area contributed by atoms with Crippen LogP contribution in [0.1, 0.15) is 50.1 Å². The summed E-state index contributed by atoms with van der Waals surface area (Å²) < 4.78 is 11.9. The predicted octanol–water partition coefficient (Wildman–Crippen LogP) is 2.51. The quantitative estimate of drug-likeness (QED) is 0.894.